The van der Waals surface area contributed by atoms with Crippen molar-refractivity contribution in [3.05, 3.63) is 29.5 Å². The molecule has 21 heavy (non-hydrogen) atoms. The molecule has 0 unspecified atom stereocenters. The maximum absolute atomic E-state index is 11.2. The molecule has 0 amide bonds. The Morgan fingerprint density at radius 3 is 2.33 bits per heavy atom. The molecule has 0 spiro atoms. The number of phenolic OH excluding ortho intramolecular Hbond substituents is 1. The number of hydrogen-bond donors (Lipinski definition) is 3. The first-order chi connectivity index (χ1) is 9.85. The van der Waals surface area contributed by atoms with Gasteiger partial charge in [-0.15, -0.1) is 0 Å². The molecule has 0 saturated carbocycles. The lowest BCUT2D eigenvalue weighted by Crippen LogP contribution is -2.02. The van der Waals surface area contributed by atoms with Crippen molar-refractivity contribution in [3.8, 4) is 22.8 Å². The second-order valence-corrected chi connectivity index (χ2v) is 4.22. The summed E-state index contributed by atoms with van der Waals surface area (Å²) in [6.45, 7) is 0. The molecule has 1 aromatic carbocycles. The van der Waals surface area contributed by atoms with Gasteiger partial charge in [0.2, 0.25) is 0 Å². The molecule has 1 heterocycles. The molecule has 0 aliphatic rings. The largest absolute Gasteiger partial charge is 0.507 e. The van der Waals surface area contributed by atoms with Crippen LogP contribution < -0.4 is 4.74 Å². The Bertz CT molecular complexity index is 735. The van der Waals surface area contributed by atoms with E-state index in [1.807, 2.05) is 0 Å². The van der Waals surface area contributed by atoms with Crippen LogP contribution in [0.4, 0.5) is 0 Å². The number of benzene rings is 1. The van der Waals surface area contributed by atoms with E-state index in [0.29, 0.717) is 0 Å². The molecule has 0 bridgehead atoms. The number of methoxy groups -OCH3 is 1. The summed E-state index contributed by atoms with van der Waals surface area (Å²) >= 11 is 0. The molecule has 2 rings (SSSR count). The minimum absolute atomic E-state index is 0.00405. The van der Waals surface area contributed by atoms with Gasteiger partial charge in [-0.3, -0.25) is 4.68 Å². The van der Waals surface area contributed by atoms with Gasteiger partial charge < -0.3 is 20.1 Å². The summed E-state index contributed by atoms with van der Waals surface area (Å²) in [4.78, 5) is 22.1. The predicted octanol–water partition coefficient (Wildman–Crippen LogP) is 1.20. The molecule has 0 atom stereocenters. The van der Waals surface area contributed by atoms with Gasteiger partial charge in [0.15, 0.2) is 5.69 Å². The van der Waals surface area contributed by atoms with E-state index in [-0.39, 0.29) is 34.0 Å². The lowest BCUT2D eigenvalue weighted by Gasteiger charge is -2.10. The molecular formula is C13H12N2O6. The highest BCUT2D eigenvalue weighted by atomic mass is 16.5. The summed E-state index contributed by atoms with van der Waals surface area (Å²) in [6.07, 6.45) is 0. The number of aromatic hydroxyl groups is 1. The van der Waals surface area contributed by atoms with Crippen LogP contribution in [0.1, 0.15) is 20.8 Å². The van der Waals surface area contributed by atoms with E-state index in [1.165, 1.54) is 31.0 Å². The Morgan fingerprint density at radius 1 is 1.19 bits per heavy atom. The van der Waals surface area contributed by atoms with Crippen molar-refractivity contribution < 1.29 is 29.6 Å². The molecule has 8 nitrogen and oxygen atoms in total. The number of rotatable bonds is 4. The number of phenols is 1. The Labute approximate surface area is 118 Å². The molecule has 2 aromatic rings. The first-order valence-corrected chi connectivity index (χ1v) is 5.77. The van der Waals surface area contributed by atoms with Crippen LogP contribution in [0.25, 0.3) is 11.3 Å². The molecule has 0 saturated heterocycles. The monoisotopic (exact) mass is 292 g/mol. The Balaban J connectivity index is 2.66. The number of nitrogens with zero attached hydrogens (tertiary/aromatic N) is 2. The maximum Gasteiger partial charge on any atom is 0.356 e. The summed E-state index contributed by atoms with van der Waals surface area (Å²) in [5, 5.41) is 31.8. The van der Waals surface area contributed by atoms with Gasteiger partial charge in [-0.1, -0.05) is 0 Å². The second-order valence-electron chi connectivity index (χ2n) is 4.22. The van der Waals surface area contributed by atoms with Crippen molar-refractivity contribution in [2.24, 2.45) is 7.05 Å². The summed E-state index contributed by atoms with van der Waals surface area (Å²) in [6, 6.07) is 3.61. The number of hydrogen-bond acceptors (Lipinski definition) is 5. The van der Waals surface area contributed by atoms with E-state index in [4.69, 9.17) is 14.9 Å². The van der Waals surface area contributed by atoms with Gasteiger partial charge in [0.1, 0.15) is 17.1 Å². The van der Waals surface area contributed by atoms with E-state index < -0.39 is 11.9 Å². The highest BCUT2D eigenvalue weighted by Crippen LogP contribution is 2.35. The second kappa shape index (κ2) is 5.16. The fourth-order valence-corrected chi connectivity index (χ4v) is 1.93. The van der Waals surface area contributed by atoms with Crippen LogP contribution in [-0.2, 0) is 7.05 Å². The molecule has 0 radical (unpaired) electrons. The topological polar surface area (TPSA) is 122 Å². The van der Waals surface area contributed by atoms with Gasteiger partial charge in [-0.05, 0) is 12.1 Å². The van der Waals surface area contributed by atoms with E-state index in [0.717, 1.165) is 6.07 Å². The van der Waals surface area contributed by atoms with Crippen molar-refractivity contribution in [1.82, 2.24) is 9.78 Å². The highest BCUT2D eigenvalue weighted by Gasteiger charge is 2.20. The lowest BCUT2D eigenvalue weighted by atomic mass is 10.1. The Hall–Kier alpha value is -3.03. The van der Waals surface area contributed by atoms with Crippen LogP contribution in [-0.4, -0.2) is 44.1 Å². The molecular weight excluding hydrogens is 280 g/mol. The van der Waals surface area contributed by atoms with Gasteiger partial charge in [-0.25, -0.2) is 9.59 Å². The van der Waals surface area contributed by atoms with Crippen LogP contribution >= 0.6 is 0 Å². The quantitative estimate of drug-likeness (QED) is 0.773. The van der Waals surface area contributed by atoms with Gasteiger partial charge >= 0.3 is 11.9 Å². The van der Waals surface area contributed by atoms with Crippen LogP contribution in [0.2, 0.25) is 0 Å². The highest BCUT2D eigenvalue weighted by molar-refractivity contribution is 5.94. The van der Waals surface area contributed by atoms with Crippen LogP contribution in [0.5, 0.6) is 11.5 Å². The average molecular weight is 292 g/mol. The zero-order valence-electron chi connectivity index (χ0n) is 11.2. The number of carbonyl (C=O) groups is 2. The number of ether oxygens (including phenoxy) is 1. The minimum Gasteiger partial charge on any atom is -0.507 e. The Morgan fingerprint density at radius 2 is 1.86 bits per heavy atom. The zero-order chi connectivity index (χ0) is 15.7. The lowest BCUT2D eigenvalue weighted by molar-refractivity contribution is 0.0680. The van der Waals surface area contributed by atoms with Crippen LogP contribution in [0.15, 0.2) is 18.2 Å². The van der Waals surface area contributed by atoms with Crippen molar-refractivity contribution in [3.63, 3.8) is 0 Å². The molecule has 3 N–H and O–H groups in total. The van der Waals surface area contributed by atoms with Gasteiger partial charge in [0.05, 0.1) is 12.8 Å². The van der Waals surface area contributed by atoms with E-state index in [2.05, 4.69) is 5.10 Å². The minimum atomic E-state index is -1.23. The number of aromatic nitrogens is 2. The van der Waals surface area contributed by atoms with Crippen LogP contribution in [0.3, 0.4) is 0 Å². The predicted molar refractivity (Wildman–Crippen MR) is 70.8 cm³/mol. The van der Waals surface area contributed by atoms with E-state index >= 15 is 0 Å². The summed E-state index contributed by atoms with van der Waals surface area (Å²) < 4.78 is 6.14. The number of aryl methyl sites for hydroxylation is 1. The van der Waals surface area contributed by atoms with Crippen molar-refractivity contribution in [1.29, 1.82) is 0 Å². The zero-order valence-corrected chi connectivity index (χ0v) is 11.2. The number of carboxylic acids is 2. The summed E-state index contributed by atoms with van der Waals surface area (Å²) in [5.41, 5.74) is 0.0636. The van der Waals surface area contributed by atoms with Crippen molar-refractivity contribution >= 4 is 11.9 Å². The van der Waals surface area contributed by atoms with E-state index in [9.17, 15) is 14.7 Å². The summed E-state index contributed by atoms with van der Waals surface area (Å²) in [7, 11) is 2.78. The molecule has 0 aliphatic heterocycles. The third kappa shape index (κ3) is 2.50. The fourth-order valence-electron chi connectivity index (χ4n) is 1.93. The van der Waals surface area contributed by atoms with Crippen LogP contribution in [0, 0.1) is 0 Å². The molecule has 8 heteroatoms. The maximum atomic E-state index is 11.2. The Kier molecular flexibility index (Phi) is 3.53. The summed E-state index contributed by atoms with van der Waals surface area (Å²) in [5.74, 6) is -2.68. The smallest absolute Gasteiger partial charge is 0.356 e. The van der Waals surface area contributed by atoms with Gasteiger partial charge in [0, 0.05) is 18.7 Å². The first kappa shape index (κ1) is 14.4. The van der Waals surface area contributed by atoms with Gasteiger partial charge in [0.25, 0.3) is 0 Å². The standard InChI is InChI=1S/C13H12N2O6/c1-15-9(4-8(14-15)13(19)20)6-3-7(12(17)18)11(21-2)5-10(6)16/h3-5,16H,1-2H3,(H,17,18)(H,19,20). The number of aromatic carboxylic acids is 2. The number of carboxylic acid groups (broad SMARTS) is 2. The van der Waals surface area contributed by atoms with Crippen molar-refractivity contribution in [2.75, 3.05) is 7.11 Å². The van der Waals surface area contributed by atoms with Crippen molar-refractivity contribution in [2.45, 2.75) is 0 Å². The SMILES string of the molecule is COc1cc(O)c(-c2cc(C(=O)O)nn2C)cc1C(=O)O. The first-order valence-electron chi connectivity index (χ1n) is 5.77. The average Bonchev–Trinajstić information content (AvgIpc) is 2.80. The molecule has 110 valence electrons. The fraction of sp³-hybridized carbons (Fsp3) is 0.154. The molecule has 0 aliphatic carbocycles. The molecule has 0 fully saturated rings. The third-order valence-corrected chi connectivity index (χ3v) is 2.92. The normalized spacial score (nSPS) is 10.4. The molecule has 1 aromatic heterocycles. The third-order valence-electron chi connectivity index (χ3n) is 2.92. The van der Waals surface area contributed by atoms with Gasteiger partial charge in [-0.2, -0.15) is 5.10 Å². The van der Waals surface area contributed by atoms with E-state index in [1.54, 1.807) is 0 Å².